The SMILES string of the molecule is Cc1cccc2c3c(ccc12)C([O-])=C(C(C)CO)C(=O)C3=O.[Na+]. The molecule has 2 aromatic carbocycles. The van der Waals surface area contributed by atoms with Gasteiger partial charge in [-0.15, -0.1) is 0 Å². The molecule has 0 radical (unpaired) electrons. The summed E-state index contributed by atoms with van der Waals surface area (Å²) < 4.78 is 0. The van der Waals surface area contributed by atoms with Crippen LogP contribution in [0.15, 0.2) is 35.9 Å². The van der Waals surface area contributed by atoms with E-state index in [0.29, 0.717) is 5.39 Å². The standard InChI is InChI=1S/C18H16O4.Na/c1-9-4-3-5-12-11(9)6-7-13-15(12)18(22)17(21)14(16(13)20)10(2)8-19;/h3-7,10,19-20H,8H2,1-2H3;/q;+1/p-1. The molecule has 0 aromatic heterocycles. The number of aliphatic hydroxyl groups excluding tert-OH is 1. The summed E-state index contributed by atoms with van der Waals surface area (Å²) in [7, 11) is 0. The zero-order chi connectivity index (χ0) is 16.0. The first-order valence-electron chi connectivity index (χ1n) is 7.11. The van der Waals surface area contributed by atoms with Crippen LogP contribution in [0.3, 0.4) is 0 Å². The average Bonchev–Trinajstić information content (AvgIpc) is 2.52. The van der Waals surface area contributed by atoms with Crippen LogP contribution in [0.2, 0.25) is 0 Å². The van der Waals surface area contributed by atoms with Gasteiger partial charge in [0.05, 0.1) is 0 Å². The van der Waals surface area contributed by atoms with Crippen molar-refractivity contribution in [2.75, 3.05) is 6.61 Å². The number of hydrogen-bond acceptors (Lipinski definition) is 4. The third kappa shape index (κ3) is 2.66. The van der Waals surface area contributed by atoms with Gasteiger partial charge in [-0.3, -0.25) is 9.59 Å². The third-order valence-corrected chi connectivity index (χ3v) is 4.21. The van der Waals surface area contributed by atoms with Crippen LogP contribution in [-0.2, 0) is 4.79 Å². The van der Waals surface area contributed by atoms with Crippen molar-refractivity contribution in [1.29, 1.82) is 0 Å². The van der Waals surface area contributed by atoms with E-state index in [0.717, 1.165) is 10.9 Å². The average molecular weight is 318 g/mol. The predicted molar refractivity (Wildman–Crippen MR) is 81.2 cm³/mol. The summed E-state index contributed by atoms with van der Waals surface area (Å²) in [5.74, 6) is -2.57. The van der Waals surface area contributed by atoms with Crippen LogP contribution in [0.4, 0.5) is 0 Å². The van der Waals surface area contributed by atoms with Crippen molar-refractivity contribution in [3.8, 4) is 0 Å². The zero-order valence-corrected chi connectivity index (χ0v) is 15.3. The van der Waals surface area contributed by atoms with Crippen LogP contribution in [0.5, 0.6) is 0 Å². The van der Waals surface area contributed by atoms with E-state index in [4.69, 9.17) is 0 Å². The molecule has 4 nitrogen and oxygen atoms in total. The number of carbonyl (C=O) groups is 2. The van der Waals surface area contributed by atoms with Gasteiger partial charge >= 0.3 is 29.6 Å². The van der Waals surface area contributed by atoms with E-state index in [-0.39, 0.29) is 52.9 Å². The maximum atomic E-state index is 12.6. The summed E-state index contributed by atoms with van der Waals surface area (Å²) >= 11 is 0. The quantitative estimate of drug-likeness (QED) is 0.547. The fourth-order valence-corrected chi connectivity index (χ4v) is 2.97. The Labute approximate surface area is 156 Å². The summed E-state index contributed by atoms with van der Waals surface area (Å²) in [6, 6.07) is 8.86. The number of aliphatic hydroxyl groups is 1. The van der Waals surface area contributed by atoms with Gasteiger partial charge in [0.15, 0.2) is 0 Å². The molecule has 2 aromatic rings. The Hall–Kier alpha value is -1.46. The Balaban J connectivity index is 0.00000192. The van der Waals surface area contributed by atoms with Crippen LogP contribution in [-0.4, -0.2) is 23.3 Å². The molecule has 5 heteroatoms. The molecule has 0 bridgehead atoms. The maximum Gasteiger partial charge on any atom is 1.00 e. The Kier molecular flexibility index (Phi) is 5.11. The maximum absolute atomic E-state index is 12.6. The van der Waals surface area contributed by atoms with E-state index in [1.54, 1.807) is 31.2 Å². The van der Waals surface area contributed by atoms with Gasteiger partial charge in [0.25, 0.3) is 0 Å². The number of hydrogen-bond donors (Lipinski definition) is 1. The molecule has 0 amide bonds. The molecule has 0 heterocycles. The number of fused-ring (bicyclic) bond motifs is 3. The molecule has 23 heavy (non-hydrogen) atoms. The molecule has 0 saturated carbocycles. The predicted octanol–water partition coefficient (Wildman–Crippen LogP) is -1.38. The van der Waals surface area contributed by atoms with Gasteiger partial charge in [-0.1, -0.05) is 43.0 Å². The first-order chi connectivity index (χ1) is 10.5. The van der Waals surface area contributed by atoms with Crippen LogP contribution >= 0.6 is 0 Å². The van der Waals surface area contributed by atoms with Crippen molar-refractivity contribution in [3.63, 3.8) is 0 Å². The second-order valence-electron chi connectivity index (χ2n) is 5.64. The van der Waals surface area contributed by atoms with Gasteiger partial charge in [-0.05, 0) is 28.8 Å². The van der Waals surface area contributed by atoms with Crippen LogP contribution in [0, 0.1) is 12.8 Å². The molecule has 0 fully saturated rings. The van der Waals surface area contributed by atoms with Crippen molar-refractivity contribution in [1.82, 2.24) is 0 Å². The molecule has 0 aliphatic heterocycles. The van der Waals surface area contributed by atoms with Crippen LogP contribution in [0.25, 0.3) is 16.5 Å². The minimum Gasteiger partial charge on any atom is -0.872 e. The largest absolute Gasteiger partial charge is 1.00 e. The molecular formula is C18H15NaO4. The Morgan fingerprint density at radius 3 is 2.43 bits per heavy atom. The number of aryl methyl sites for hydroxylation is 1. The Morgan fingerprint density at radius 2 is 1.78 bits per heavy atom. The molecule has 1 unspecified atom stereocenters. The Bertz CT molecular complexity index is 851. The second-order valence-corrected chi connectivity index (χ2v) is 5.64. The minimum absolute atomic E-state index is 0. The van der Waals surface area contributed by atoms with Crippen molar-refractivity contribution in [2.45, 2.75) is 13.8 Å². The van der Waals surface area contributed by atoms with Gasteiger partial charge in [0.1, 0.15) is 0 Å². The molecule has 1 aliphatic carbocycles. The fraction of sp³-hybridized carbons (Fsp3) is 0.222. The van der Waals surface area contributed by atoms with E-state index in [9.17, 15) is 19.8 Å². The van der Waals surface area contributed by atoms with Crippen molar-refractivity contribution in [3.05, 3.63) is 52.6 Å². The third-order valence-electron chi connectivity index (χ3n) is 4.21. The van der Waals surface area contributed by atoms with Gasteiger partial charge in [0, 0.05) is 23.7 Å². The van der Waals surface area contributed by atoms with Crippen LogP contribution in [0.1, 0.15) is 28.4 Å². The van der Waals surface area contributed by atoms with E-state index in [1.165, 1.54) is 0 Å². The topological polar surface area (TPSA) is 77.4 Å². The zero-order valence-electron chi connectivity index (χ0n) is 13.3. The molecular weight excluding hydrogens is 303 g/mol. The number of rotatable bonds is 2. The van der Waals surface area contributed by atoms with E-state index in [1.807, 2.05) is 13.0 Å². The van der Waals surface area contributed by atoms with Gasteiger partial charge < -0.3 is 10.2 Å². The summed E-state index contributed by atoms with van der Waals surface area (Å²) in [5.41, 5.74) is 1.29. The molecule has 3 rings (SSSR count). The second kappa shape index (κ2) is 6.57. The Morgan fingerprint density at radius 1 is 1.09 bits per heavy atom. The van der Waals surface area contributed by atoms with Gasteiger partial charge in [0.2, 0.25) is 11.6 Å². The minimum atomic E-state index is -0.798. The molecule has 112 valence electrons. The molecule has 0 saturated heterocycles. The number of Topliss-reactive ketones (excluding diaryl/α,β-unsaturated/α-hetero) is 2. The molecule has 1 N–H and O–H groups in total. The van der Waals surface area contributed by atoms with Gasteiger partial charge in [-0.25, -0.2) is 0 Å². The van der Waals surface area contributed by atoms with Crippen molar-refractivity contribution < 1.29 is 49.4 Å². The van der Waals surface area contributed by atoms with E-state index >= 15 is 0 Å². The number of benzene rings is 2. The molecule has 1 aliphatic rings. The first kappa shape index (κ1) is 17.9. The van der Waals surface area contributed by atoms with Crippen molar-refractivity contribution >= 4 is 28.1 Å². The van der Waals surface area contributed by atoms with Crippen LogP contribution < -0.4 is 34.7 Å². The van der Waals surface area contributed by atoms with Crippen molar-refractivity contribution in [2.24, 2.45) is 5.92 Å². The summed E-state index contributed by atoms with van der Waals surface area (Å²) in [6.45, 7) is 3.13. The van der Waals surface area contributed by atoms with E-state index < -0.39 is 23.2 Å². The monoisotopic (exact) mass is 318 g/mol. The van der Waals surface area contributed by atoms with E-state index in [2.05, 4.69) is 0 Å². The summed E-state index contributed by atoms with van der Waals surface area (Å²) in [4.78, 5) is 24.8. The first-order valence-corrected chi connectivity index (χ1v) is 7.11. The molecule has 1 atom stereocenters. The number of ketones is 2. The molecule has 0 spiro atoms. The van der Waals surface area contributed by atoms with Gasteiger partial charge in [-0.2, -0.15) is 0 Å². The normalized spacial score (nSPS) is 15.4. The fourth-order valence-electron chi connectivity index (χ4n) is 2.97. The smallest absolute Gasteiger partial charge is 0.872 e. The number of carbonyl (C=O) groups excluding carboxylic acids is 2. The summed E-state index contributed by atoms with van der Waals surface area (Å²) in [5, 5.41) is 23.3. The summed E-state index contributed by atoms with van der Waals surface area (Å²) in [6.07, 6.45) is 0.